The molecule has 6 heteroatoms. The van der Waals surface area contributed by atoms with E-state index in [1.54, 1.807) is 0 Å². The van der Waals surface area contributed by atoms with Crippen LogP contribution in [-0.4, -0.2) is 25.3 Å². The number of fused-ring (bicyclic) bond motifs is 2. The van der Waals surface area contributed by atoms with Crippen molar-refractivity contribution >= 4 is 10.0 Å². The molecule has 0 amide bonds. The largest absolute Gasteiger partial charge is 0.243 e. The summed E-state index contributed by atoms with van der Waals surface area (Å²) in [7, 11) is -3.79. The lowest BCUT2D eigenvalue weighted by atomic mass is 9.65. The van der Waals surface area contributed by atoms with Gasteiger partial charge in [0.15, 0.2) is 11.6 Å². The van der Waals surface area contributed by atoms with E-state index in [0.717, 1.165) is 37.5 Å². The first kappa shape index (κ1) is 15.9. The third-order valence-corrected chi connectivity index (χ3v) is 6.76. The molecule has 2 atom stereocenters. The molecule has 0 radical (unpaired) electrons. The van der Waals surface area contributed by atoms with Gasteiger partial charge in [0.2, 0.25) is 10.0 Å². The maximum Gasteiger partial charge on any atom is 0.243 e. The van der Waals surface area contributed by atoms with E-state index in [9.17, 15) is 17.2 Å². The molecular weight excluding hydrogens is 308 g/mol. The lowest BCUT2D eigenvalue weighted by molar-refractivity contribution is 0.133. The molecule has 1 aliphatic heterocycles. The summed E-state index contributed by atoms with van der Waals surface area (Å²) < 4.78 is 53.6. The normalized spacial score (nSPS) is 31.4. The Kier molecular flexibility index (Phi) is 3.42. The van der Waals surface area contributed by atoms with Crippen molar-refractivity contribution in [2.75, 3.05) is 6.54 Å². The molecule has 22 heavy (non-hydrogen) atoms. The number of sulfonamides is 1. The van der Waals surface area contributed by atoms with Crippen molar-refractivity contribution in [3.8, 4) is 0 Å². The van der Waals surface area contributed by atoms with Crippen molar-refractivity contribution in [2.24, 2.45) is 10.8 Å². The monoisotopic (exact) mass is 329 g/mol. The molecule has 3 rings (SSSR count). The highest BCUT2D eigenvalue weighted by Crippen LogP contribution is 2.53. The summed E-state index contributed by atoms with van der Waals surface area (Å²) in [5, 5.41) is 0. The van der Waals surface area contributed by atoms with Crippen molar-refractivity contribution in [2.45, 2.75) is 51.0 Å². The van der Waals surface area contributed by atoms with Gasteiger partial charge in [0, 0.05) is 12.6 Å². The Morgan fingerprint density at radius 1 is 1.14 bits per heavy atom. The van der Waals surface area contributed by atoms with Crippen molar-refractivity contribution in [1.82, 2.24) is 4.31 Å². The molecule has 1 saturated heterocycles. The summed E-state index contributed by atoms with van der Waals surface area (Å²) in [6.07, 6.45) is 2.60. The molecule has 0 spiro atoms. The maximum atomic E-state index is 13.4. The SMILES string of the molecule is CC1(C)C[C@H]2C[C@](C)(CN2S(=O)(=O)c2ccc(F)c(F)c2)C1. The number of nitrogens with zero attached hydrogens (tertiary/aromatic N) is 1. The summed E-state index contributed by atoms with van der Waals surface area (Å²) >= 11 is 0. The number of benzene rings is 1. The smallest absolute Gasteiger partial charge is 0.207 e. The van der Waals surface area contributed by atoms with Gasteiger partial charge in [0.05, 0.1) is 4.90 Å². The first-order chi connectivity index (χ1) is 10.0. The second kappa shape index (κ2) is 4.74. The summed E-state index contributed by atoms with van der Waals surface area (Å²) in [4.78, 5) is -0.166. The fourth-order valence-electron chi connectivity index (χ4n) is 4.46. The van der Waals surface area contributed by atoms with E-state index in [0.29, 0.717) is 6.54 Å². The van der Waals surface area contributed by atoms with Crippen molar-refractivity contribution < 1.29 is 17.2 Å². The van der Waals surface area contributed by atoms with Gasteiger partial charge in [-0.2, -0.15) is 4.31 Å². The van der Waals surface area contributed by atoms with Crippen LogP contribution >= 0.6 is 0 Å². The van der Waals surface area contributed by atoms with Gasteiger partial charge in [0.1, 0.15) is 0 Å². The van der Waals surface area contributed by atoms with Gasteiger partial charge in [-0.05, 0) is 48.3 Å². The third-order valence-electron chi connectivity index (χ3n) is 4.86. The van der Waals surface area contributed by atoms with E-state index in [-0.39, 0.29) is 21.8 Å². The molecule has 0 N–H and O–H groups in total. The summed E-state index contributed by atoms with van der Waals surface area (Å²) in [5.74, 6) is -2.16. The zero-order valence-electron chi connectivity index (χ0n) is 13.1. The fourth-order valence-corrected chi connectivity index (χ4v) is 6.25. The molecule has 2 aliphatic rings. The van der Waals surface area contributed by atoms with Crippen LogP contribution in [0.2, 0.25) is 0 Å². The van der Waals surface area contributed by atoms with Crippen LogP contribution in [0.15, 0.2) is 23.1 Å². The first-order valence-electron chi connectivity index (χ1n) is 7.49. The molecule has 1 aromatic rings. The van der Waals surface area contributed by atoms with Crippen LogP contribution in [0.5, 0.6) is 0 Å². The Morgan fingerprint density at radius 2 is 1.82 bits per heavy atom. The molecule has 2 fully saturated rings. The van der Waals surface area contributed by atoms with Crippen LogP contribution in [0, 0.1) is 22.5 Å². The van der Waals surface area contributed by atoms with Gasteiger partial charge in [0.25, 0.3) is 0 Å². The van der Waals surface area contributed by atoms with Crippen molar-refractivity contribution in [3.63, 3.8) is 0 Å². The molecule has 1 heterocycles. The van der Waals surface area contributed by atoms with Crippen LogP contribution in [0.4, 0.5) is 8.78 Å². The molecular formula is C16H21F2NO2S. The van der Waals surface area contributed by atoms with Crippen LogP contribution in [0.25, 0.3) is 0 Å². The van der Waals surface area contributed by atoms with Gasteiger partial charge in [-0.15, -0.1) is 0 Å². The van der Waals surface area contributed by atoms with Crippen LogP contribution < -0.4 is 0 Å². The second-order valence-corrected chi connectivity index (χ2v) is 9.73. The number of hydrogen-bond acceptors (Lipinski definition) is 2. The molecule has 2 bridgehead atoms. The molecule has 122 valence electrons. The van der Waals surface area contributed by atoms with Crippen molar-refractivity contribution in [1.29, 1.82) is 0 Å². The van der Waals surface area contributed by atoms with E-state index in [1.165, 1.54) is 4.31 Å². The maximum absolute atomic E-state index is 13.4. The standard InChI is InChI=1S/C16H21F2NO2S/c1-15(2)7-11-8-16(3,9-15)10-19(11)22(20,21)12-4-5-13(17)14(18)6-12/h4-6,11H,7-10H2,1-3H3/t11-,16-/m0/s1. The Hall–Kier alpha value is -1.01. The van der Waals surface area contributed by atoms with Gasteiger partial charge in [-0.1, -0.05) is 20.8 Å². The summed E-state index contributed by atoms with van der Waals surface area (Å²) in [6.45, 7) is 6.88. The van der Waals surface area contributed by atoms with E-state index in [4.69, 9.17) is 0 Å². The molecule has 3 nitrogen and oxygen atoms in total. The number of halogens is 2. The molecule has 1 saturated carbocycles. The quantitative estimate of drug-likeness (QED) is 0.832. The highest BCUT2D eigenvalue weighted by atomic mass is 32.2. The Bertz CT molecular complexity index is 717. The molecule has 1 aromatic carbocycles. The number of hydrogen-bond donors (Lipinski definition) is 0. The summed E-state index contributed by atoms with van der Waals surface area (Å²) in [5.41, 5.74) is 0.0496. The molecule has 0 aromatic heterocycles. The summed E-state index contributed by atoms with van der Waals surface area (Å²) in [6, 6.07) is 2.73. The van der Waals surface area contributed by atoms with Crippen LogP contribution in [-0.2, 0) is 10.0 Å². The minimum atomic E-state index is -3.79. The predicted molar refractivity (Wildman–Crippen MR) is 79.8 cm³/mol. The van der Waals surface area contributed by atoms with E-state index in [1.807, 2.05) is 0 Å². The van der Waals surface area contributed by atoms with Gasteiger partial charge >= 0.3 is 0 Å². The lowest BCUT2D eigenvalue weighted by Gasteiger charge is -2.39. The average molecular weight is 329 g/mol. The average Bonchev–Trinajstić information content (AvgIpc) is 2.62. The van der Waals surface area contributed by atoms with Gasteiger partial charge in [-0.3, -0.25) is 0 Å². The topological polar surface area (TPSA) is 37.4 Å². The molecule has 1 aliphatic carbocycles. The van der Waals surface area contributed by atoms with E-state index < -0.39 is 21.7 Å². The Balaban J connectivity index is 1.98. The highest BCUT2D eigenvalue weighted by Gasteiger charge is 2.53. The zero-order chi connectivity index (χ0) is 16.3. The first-order valence-corrected chi connectivity index (χ1v) is 8.93. The fraction of sp³-hybridized carbons (Fsp3) is 0.625. The van der Waals surface area contributed by atoms with Gasteiger partial charge in [-0.25, -0.2) is 17.2 Å². The minimum absolute atomic E-state index is 0.0436. The van der Waals surface area contributed by atoms with E-state index >= 15 is 0 Å². The Morgan fingerprint density at radius 3 is 2.45 bits per heavy atom. The molecule has 0 unspecified atom stereocenters. The van der Waals surface area contributed by atoms with Gasteiger partial charge < -0.3 is 0 Å². The second-order valence-electron chi connectivity index (χ2n) is 7.84. The predicted octanol–water partition coefficient (Wildman–Crippen LogP) is 3.55. The van der Waals surface area contributed by atoms with Crippen molar-refractivity contribution in [3.05, 3.63) is 29.8 Å². The van der Waals surface area contributed by atoms with E-state index in [2.05, 4.69) is 20.8 Å². The highest BCUT2D eigenvalue weighted by molar-refractivity contribution is 7.89. The van der Waals surface area contributed by atoms with Crippen LogP contribution in [0.3, 0.4) is 0 Å². The van der Waals surface area contributed by atoms with Crippen LogP contribution in [0.1, 0.15) is 40.0 Å². The number of rotatable bonds is 2. The lowest BCUT2D eigenvalue weighted by Crippen LogP contribution is -2.37. The Labute approximate surface area is 130 Å². The minimum Gasteiger partial charge on any atom is -0.207 e. The zero-order valence-corrected chi connectivity index (χ0v) is 13.9. The third kappa shape index (κ3) is 2.56.